The van der Waals surface area contributed by atoms with Crippen LogP contribution in [-0.2, 0) is 16.5 Å². The molecule has 4 nitrogen and oxygen atoms in total. The minimum Gasteiger partial charge on any atom is -0.475 e. The summed E-state index contributed by atoms with van der Waals surface area (Å²) < 4.78 is 45.9. The van der Waals surface area contributed by atoms with E-state index in [0.717, 1.165) is 12.1 Å². The van der Waals surface area contributed by atoms with E-state index < -0.39 is 33.4 Å². The van der Waals surface area contributed by atoms with Crippen molar-refractivity contribution in [2.45, 2.75) is 39.5 Å². The highest BCUT2D eigenvalue weighted by Crippen LogP contribution is 2.53. The Morgan fingerprint density at radius 2 is 1.68 bits per heavy atom. The normalized spacial score (nSPS) is 19.5. The second-order valence-electron chi connectivity index (χ2n) is 7.37. The Morgan fingerprint density at radius 1 is 1.11 bits per heavy atom. The van der Waals surface area contributed by atoms with Gasteiger partial charge in [-0.15, -0.1) is 0 Å². The second kappa shape index (κ2) is 6.89. The van der Waals surface area contributed by atoms with Crippen molar-refractivity contribution in [3.63, 3.8) is 0 Å². The van der Waals surface area contributed by atoms with Crippen LogP contribution in [0.3, 0.4) is 0 Å². The number of nitriles is 3. The lowest BCUT2D eigenvalue weighted by atomic mass is 9.72. The fourth-order valence-corrected chi connectivity index (χ4v) is 3.63. The monoisotopic (exact) mass is 405 g/mol. The molecule has 1 aromatic rings. The molecule has 0 bridgehead atoms. The number of hydrogen-bond acceptors (Lipinski definition) is 4. The Labute approximate surface area is 165 Å². The molecule has 0 fully saturated rings. The topological polar surface area (TPSA) is 80.6 Å². The maximum atomic E-state index is 13.3. The van der Waals surface area contributed by atoms with Gasteiger partial charge in [0.2, 0.25) is 0 Å². The Kier molecular flexibility index (Phi) is 5.26. The lowest BCUT2D eigenvalue weighted by molar-refractivity contribution is -0.137. The van der Waals surface area contributed by atoms with Crippen molar-refractivity contribution >= 4 is 11.6 Å². The summed E-state index contributed by atoms with van der Waals surface area (Å²) >= 11 is 5.72. The summed E-state index contributed by atoms with van der Waals surface area (Å²) in [6.45, 7) is 6.81. The third kappa shape index (κ3) is 3.44. The molecular weight excluding hydrogens is 391 g/mol. The van der Waals surface area contributed by atoms with Gasteiger partial charge in [0.15, 0.2) is 16.9 Å². The lowest BCUT2D eigenvalue weighted by Gasteiger charge is -2.35. The molecule has 0 radical (unpaired) electrons. The van der Waals surface area contributed by atoms with Gasteiger partial charge in [0.1, 0.15) is 23.8 Å². The highest BCUT2D eigenvalue weighted by molar-refractivity contribution is 6.31. The smallest absolute Gasteiger partial charge is 0.417 e. The third-order valence-electron chi connectivity index (χ3n) is 4.40. The van der Waals surface area contributed by atoms with E-state index in [1.165, 1.54) is 13.0 Å². The number of allylic oxidation sites excluding steroid dienone is 2. The largest absolute Gasteiger partial charge is 0.475 e. The van der Waals surface area contributed by atoms with Gasteiger partial charge in [-0.3, -0.25) is 0 Å². The maximum Gasteiger partial charge on any atom is 0.417 e. The molecule has 0 saturated heterocycles. The van der Waals surface area contributed by atoms with Crippen molar-refractivity contribution in [3.8, 4) is 18.2 Å². The first-order valence-electron chi connectivity index (χ1n) is 8.07. The van der Waals surface area contributed by atoms with Gasteiger partial charge < -0.3 is 4.74 Å². The van der Waals surface area contributed by atoms with Crippen molar-refractivity contribution in [2.75, 3.05) is 0 Å². The van der Waals surface area contributed by atoms with Gasteiger partial charge in [0.25, 0.3) is 0 Å². The van der Waals surface area contributed by atoms with Crippen LogP contribution in [0.1, 0.15) is 38.8 Å². The minimum absolute atomic E-state index is 0.0309. The van der Waals surface area contributed by atoms with E-state index in [1.54, 1.807) is 32.9 Å². The van der Waals surface area contributed by atoms with Crippen LogP contribution in [0.5, 0.6) is 0 Å². The van der Waals surface area contributed by atoms with Gasteiger partial charge in [0, 0.05) is 11.1 Å². The van der Waals surface area contributed by atoms with Crippen LogP contribution in [-0.4, -0.2) is 0 Å². The van der Waals surface area contributed by atoms with Crippen LogP contribution >= 0.6 is 11.6 Å². The SMILES string of the molecule is CC(C)(C)C1=C(C#N)C(=C(C#N)C#N)OC1(C)c1ccc(Cl)c(C(F)(F)F)c1. The fraction of sp³-hybridized carbons (Fsp3) is 0.350. The van der Waals surface area contributed by atoms with E-state index in [1.807, 2.05) is 6.07 Å². The van der Waals surface area contributed by atoms with E-state index in [2.05, 4.69) is 0 Å². The molecule has 1 atom stereocenters. The number of rotatable bonds is 1. The molecule has 1 heterocycles. The molecule has 1 aliphatic rings. The van der Waals surface area contributed by atoms with Crippen molar-refractivity contribution in [1.82, 2.24) is 0 Å². The second-order valence-corrected chi connectivity index (χ2v) is 7.77. The molecule has 1 unspecified atom stereocenters. The molecule has 0 N–H and O–H groups in total. The van der Waals surface area contributed by atoms with Crippen molar-refractivity contribution in [3.05, 3.63) is 56.8 Å². The quantitative estimate of drug-likeness (QED) is 0.555. The molecule has 0 spiro atoms. The van der Waals surface area contributed by atoms with Gasteiger partial charge in [0.05, 0.1) is 10.6 Å². The lowest BCUT2D eigenvalue weighted by Crippen LogP contribution is -2.31. The molecule has 0 aromatic heterocycles. The van der Waals surface area contributed by atoms with Gasteiger partial charge in [-0.2, -0.15) is 29.0 Å². The molecule has 0 saturated carbocycles. The van der Waals surface area contributed by atoms with Crippen LogP contribution < -0.4 is 0 Å². The number of alkyl halides is 3. The summed E-state index contributed by atoms with van der Waals surface area (Å²) in [5, 5.41) is 27.6. The van der Waals surface area contributed by atoms with Gasteiger partial charge in [-0.1, -0.05) is 38.4 Å². The van der Waals surface area contributed by atoms with Crippen LogP contribution in [0.15, 0.2) is 40.7 Å². The maximum absolute atomic E-state index is 13.3. The number of benzene rings is 1. The van der Waals surface area contributed by atoms with E-state index >= 15 is 0 Å². The molecule has 8 heteroatoms. The van der Waals surface area contributed by atoms with Crippen LogP contribution in [0.25, 0.3) is 0 Å². The zero-order valence-electron chi connectivity index (χ0n) is 15.5. The zero-order chi connectivity index (χ0) is 21.5. The Balaban J connectivity index is 2.90. The highest BCUT2D eigenvalue weighted by Gasteiger charge is 2.50. The fourth-order valence-electron chi connectivity index (χ4n) is 3.40. The van der Waals surface area contributed by atoms with E-state index in [0.29, 0.717) is 5.57 Å². The number of halogens is 4. The molecule has 1 aromatic carbocycles. The molecule has 0 amide bonds. The minimum atomic E-state index is -4.69. The molecule has 28 heavy (non-hydrogen) atoms. The average molecular weight is 406 g/mol. The number of ether oxygens (including phenoxy) is 1. The summed E-state index contributed by atoms with van der Waals surface area (Å²) in [5.41, 5.74) is -3.23. The van der Waals surface area contributed by atoms with Crippen molar-refractivity contribution < 1.29 is 17.9 Å². The van der Waals surface area contributed by atoms with Gasteiger partial charge in [-0.05, 0) is 24.5 Å². The first-order chi connectivity index (χ1) is 12.8. The average Bonchev–Trinajstić information content (AvgIpc) is 2.89. The van der Waals surface area contributed by atoms with Crippen molar-refractivity contribution in [2.24, 2.45) is 5.41 Å². The van der Waals surface area contributed by atoms with Crippen LogP contribution in [0.4, 0.5) is 13.2 Å². The van der Waals surface area contributed by atoms with E-state index in [9.17, 15) is 29.0 Å². The Bertz CT molecular complexity index is 1010. The first kappa shape index (κ1) is 21.4. The Hall–Kier alpha value is -2.95. The molecule has 0 aliphatic carbocycles. The summed E-state index contributed by atoms with van der Waals surface area (Å²) in [6.07, 6.45) is -4.69. The van der Waals surface area contributed by atoms with E-state index in [-0.39, 0.29) is 16.9 Å². The summed E-state index contributed by atoms with van der Waals surface area (Å²) in [7, 11) is 0. The van der Waals surface area contributed by atoms with Gasteiger partial charge in [-0.25, -0.2) is 0 Å². The predicted octanol–water partition coefficient (Wildman–Crippen LogP) is 5.77. The van der Waals surface area contributed by atoms with E-state index in [4.69, 9.17) is 16.3 Å². The number of nitrogens with zero attached hydrogens (tertiary/aromatic N) is 3. The summed E-state index contributed by atoms with van der Waals surface area (Å²) in [6, 6.07) is 8.64. The molecule has 144 valence electrons. The highest BCUT2D eigenvalue weighted by atomic mass is 35.5. The van der Waals surface area contributed by atoms with Crippen molar-refractivity contribution in [1.29, 1.82) is 15.8 Å². The molecule has 2 rings (SSSR count). The summed E-state index contributed by atoms with van der Waals surface area (Å²) in [4.78, 5) is 0. The third-order valence-corrected chi connectivity index (χ3v) is 4.72. The standard InChI is InChI=1S/C20H15ClF3N3O/c1-18(2,3)17-13(10-27)16(11(8-25)9-26)28-19(17,4)12-5-6-15(21)14(7-12)20(22,23)24/h5-7H,1-4H3. The zero-order valence-corrected chi connectivity index (χ0v) is 16.2. The van der Waals surface area contributed by atoms with Crippen LogP contribution in [0.2, 0.25) is 5.02 Å². The molecule has 1 aliphatic heterocycles. The van der Waals surface area contributed by atoms with Gasteiger partial charge >= 0.3 is 6.18 Å². The summed E-state index contributed by atoms with van der Waals surface area (Å²) in [5.74, 6) is -0.233. The van der Waals surface area contributed by atoms with Crippen LogP contribution in [0, 0.1) is 39.4 Å². The predicted molar refractivity (Wildman–Crippen MR) is 95.2 cm³/mol. The Morgan fingerprint density at radius 3 is 2.11 bits per heavy atom. The first-order valence-corrected chi connectivity index (χ1v) is 8.45. The molecular formula is C20H15ClF3N3O. The number of hydrogen-bond donors (Lipinski definition) is 0.